The van der Waals surface area contributed by atoms with Crippen molar-refractivity contribution in [1.82, 2.24) is 4.90 Å². The van der Waals surface area contributed by atoms with Gasteiger partial charge < -0.3 is 9.64 Å². The predicted molar refractivity (Wildman–Crippen MR) is 69.9 cm³/mol. The second-order valence-corrected chi connectivity index (χ2v) is 4.90. The fourth-order valence-corrected chi connectivity index (χ4v) is 2.24. The van der Waals surface area contributed by atoms with E-state index in [1.807, 2.05) is 0 Å². The average molecular weight is 296 g/mol. The highest BCUT2D eigenvalue weighted by Crippen LogP contribution is 2.34. The number of rotatable bonds is 4. The van der Waals surface area contributed by atoms with E-state index in [0.717, 1.165) is 0 Å². The fraction of sp³-hybridized carbons (Fsp3) is 0.583. The number of hydrogen-bond donors (Lipinski definition) is 0. The van der Waals surface area contributed by atoms with Crippen LogP contribution in [0.25, 0.3) is 0 Å². The molecular weight excluding hydrogens is 280 g/mol. The summed E-state index contributed by atoms with van der Waals surface area (Å²) in [5.74, 6) is -1.03. The first kappa shape index (κ1) is 15.3. The molecule has 3 nitrogen and oxygen atoms in total. The highest BCUT2D eigenvalue weighted by molar-refractivity contribution is 6.31. The Hall–Kier alpha value is -0.740. The lowest BCUT2D eigenvalue weighted by Gasteiger charge is -2.30. The quantitative estimate of drug-likeness (QED) is 0.452. The monoisotopic (exact) mass is 295 g/mol. The fourth-order valence-electron chi connectivity index (χ4n) is 1.69. The lowest BCUT2D eigenvalue weighted by molar-refractivity contribution is -0.143. The Bertz CT molecular complexity index is 396. The van der Waals surface area contributed by atoms with Crippen molar-refractivity contribution >= 4 is 29.2 Å². The molecule has 0 aromatic carbocycles. The number of halogens is 3. The molecule has 0 fully saturated rings. The highest BCUT2D eigenvalue weighted by Gasteiger charge is 2.28. The molecule has 1 heterocycles. The lowest BCUT2D eigenvalue weighted by Crippen LogP contribution is -2.30. The molecular formula is C12H16Cl2FNO2. The number of likely N-dealkylation sites (N-methyl/N-ethyl adjacent to an activating group) is 1. The van der Waals surface area contributed by atoms with Gasteiger partial charge in [0.25, 0.3) is 0 Å². The van der Waals surface area contributed by atoms with Gasteiger partial charge in [-0.25, -0.2) is 4.39 Å². The van der Waals surface area contributed by atoms with Crippen LogP contribution in [0.5, 0.6) is 0 Å². The standard InChI is InChI=1S/C12H16Cl2FNO2/c1-4-18-10(17)5-7(2)8-6-9(15)12(14)16(3)11(8)13/h6-7,12H,4-5H2,1-3H3. The van der Waals surface area contributed by atoms with E-state index >= 15 is 0 Å². The molecule has 1 aliphatic rings. The molecule has 102 valence electrons. The van der Waals surface area contributed by atoms with Crippen molar-refractivity contribution in [2.75, 3.05) is 13.7 Å². The molecule has 1 aliphatic heterocycles. The summed E-state index contributed by atoms with van der Waals surface area (Å²) < 4.78 is 18.4. The van der Waals surface area contributed by atoms with Crippen molar-refractivity contribution in [3.8, 4) is 0 Å². The first-order valence-corrected chi connectivity index (χ1v) is 6.49. The maximum Gasteiger partial charge on any atom is 0.306 e. The normalized spacial score (nSPS) is 21.8. The number of nitrogens with zero attached hydrogens (tertiary/aromatic N) is 1. The van der Waals surface area contributed by atoms with Crippen LogP contribution in [-0.2, 0) is 9.53 Å². The number of esters is 1. The Labute approximate surface area is 116 Å². The van der Waals surface area contributed by atoms with E-state index in [-0.39, 0.29) is 18.3 Å². The zero-order valence-electron chi connectivity index (χ0n) is 10.5. The van der Waals surface area contributed by atoms with Gasteiger partial charge >= 0.3 is 5.97 Å². The van der Waals surface area contributed by atoms with Gasteiger partial charge in [0.1, 0.15) is 11.0 Å². The van der Waals surface area contributed by atoms with Crippen LogP contribution in [0.15, 0.2) is 22.6 Å². The molecule has 0 aromatic rings. The van der Waals surface area contributed by atoms with Gasteiger partial charge in [0, 0.05) is 7.05 Å². The Morgan fingerprint density at radius 3 is 2.83 bits per heavy atom. The lowest BCUT2D eigenvalue weighted by atomic mass is 9.96. The summed E-state index contributed by atoms with van der Waals surface area (Å²) in [5, 5.41) is 0.355. The predicted octanol–water partition coefficient (Wildman–Crippen LogP) is 3.39. The van der Waals surface area contributed by atoms with Crippen LogP contribution in [0.1, 0.15) is 20.3 Å². The van der Waals surface area contributed by atoms with Crippen LogP contribution < -0.4 is 0 Å². The average Bonchev–Trinajstić information content (AvgIpc) is 2.31. The Morgan fingerprint density at radius 2 is 2.28 bits per heavy atom. The molecule has 0 radical (unpaired) electrons. The van der Waals surface area contributed by atoms with Gasteiger partial charge in [-0.1, -0.05) is 30.1 Å². The van der Waals surface area contributed by atoms with Crippen molar-refractivity contribution in [3.63, 3.8) is 0 Å². The van der Waals surface area contributed by atoms with Gasteiger partial charge in [0.05, 0.1) is 13.0 Å². The Kier molecular flexibility index (Phi) is 5.47. The van der Waals surface area contributed by atoms with Crippen LogP contribution in [0.2, 0.25) is 0 Å². The Balaban J connectivity index is 2.85. The molecule has 0 N–H and O–H groups in total. The van der Waals surface area contributed by atoms with E-state index in [1.165, 1.54) is 11.0 Å². The van der Waals surface area contributed by atoms with E-state index in [0.29, 0.717) is 17.3 Å². The summed E-state index contributed by atoms with van der Waals surface area (Å²) >= 11 is 11.9. The highest BCUT2D eigenvalue weighted by atomic mass is 35.5. The van der Waals surface area contributed by atoms with E-state index < -0.39 is 11.3 Å². The van der Waals surface area contributed by atoms with Gasteiger partial charge in [-0.2, -0.15) is 0 Å². The van der Waals surface area contributed by atoms with Crippen molar-refractivity contribution in [1.29, 1.82) is 0 Å². The van der Waals surface area contributed by atoms with Gasteiger partial charge in [0.2, 0.25) is 0 Å². The summed E-state index contributed by atoms with van der Waals surface area (Å²) in [6.07, 6.45) is 1.45. The molecule has 6 heteroatoms. The number of allylic oxidation sites excluding steroid dienone is 2. The third-order valence-electron chi connectivity index (χ3n) is 2.72. The summed E-state index contributed by atoms with van der Waals surface area (Å²) in [5.41, 5.74) is -0.335. The number of carbonyl (C=O) groups excluding carboxylic acids is 1. The van der Waals surface area contributed by atoms with Crippen LogP contribution in [0, 0.1) is 5.92 Å². The molecule has 2 atom stereocenters. The van der Waals surface area contributed by atoms with E-state index in [2.05, 4.69) is 0 Å². The van der Waals surface area contributed by atoms with Gasteiger partial charge in [-0.3, -0.25) is 4.79 Å². The maximum absolute atomic E-state index is 13.6. The Morgan fingerprint density at radius 1 is 1.67 bits per heavy atom. The van der Waals surface area contributed by atoms with Crippen LogP contribution in [0.3, 0.4) is 0 Å². The molecule has 0 aromatic heterocycles. The molecule has 0 amide bonds. The summed E-state index contributed by atoms with van der Waals surface area (Å²) in [6.45, 7) is 3.86. The van der Waals surface area contributed by atoms with Gasteiger partial charge in [-0.05, 0) is 24.5 Å². The molecule has 0 saturated carbocycles. The maximum atomic E-state index is 13.6. The van der Waals surface area contributed by atoms with Gasteiger partial charge in [0.15, 0.2) is 5.50 Å². The number of ether oxygens (including phenoxy) is 1. The van der Waals surface area contributed by atoms with Crippen LogP contribution in [-0.4, -0.2) is 30.0 Å². The minimum absolute atomic E-state index is 0.157. The zero-order valence-corrected chi connectivity index (χ0v) is 12.1. The second kappa shape index (κ2) is 6.43. The molecule has 0 aliphatic carbocycles. The van der Waals surface area contributed by atoms with Crippen LogP contribution in [0.4, 0.5) is 4.39 Å². The molecule has 1 rings (SSSR count). The zero-order chi connectivity index (χ0) is 13.9. The van der Waals surface area contributed by atoms with Crippen molar-refractivity contribution in [3.05, 3.63) is 22.6 Å². The summed E-state index contributed by atoms with van der Waals surface area (Å²) in [7, 11) is 1.60. The molecule has 0 spiro atoms. The van der Waals surface area contributed by atoms with E-state index in [4.69, 9.17) is 27.9 Å². The number of hydrogen-bond acceptors (Lipinski definition) is 3. The summed E-state index contributed by atoms with van der Waals surface area (Å²) in [4.78, 5) is 12.8. The smallest absolute Gasteiger partial charge is 0.306 e. The van der Waals surface area contributed by atoms with Crippen LogP contribution >= 0.6 is 23.2 Å². The molecule has 18 heavy (non-hydrogen) atoms. The third-order valence-corrected chi connectivity index (χ3v) is 3.70. The largest absolute Gasteiger partial charge is 0.466 e. The summed E-state index contributed by atoms with van der Waals surface area (Å²) in [6, 6.07) is 0. The minimum Gasteiger partial charge on any atom is -0.466 e. The molecule has 0 bridgehead atoms. The van der Waals surface area contributed by atoms with Gasteiger partial charge in [-0.15, -0.1) is 0 Å². The minimum atomic E-state index is -0.893. The number of carbonyl (C=O) groups is 1. The van der Waals surface area contributed by atoms with Crippen molar-refractivity contribution < 1.29 is 13.9 Å². The SMILES string of the molecule is CCOC(=O)CC(C)C1=C(Cl)N(C)C(Cl)C(F)=C1. The second-order valence-electron chi connectivity index (χ2n) is 4.13. The molecule has 0 saturated heterocycles. The van der Waals surface area contributed by atoms with E-state index in [9.17, 15) is 9.18 Å². The first-order valence-electron chi connectivity index (χ1n) is 5.67. The number of alkyl halides is 1. The van der Waals surface area contributed by atoms with Crippen molar-refractivity contribution in [2.45, 2.75) is 25.8 Å². The topological polar surface area (TPSA) is 29.5 Å². The molecule has 2 unspecified atom stereocenters. The van der Waals surface area contributed by atoms with E-state index in [1.54, 1.807) is 20.9 Å². The first-order chi connectivity index (χ1) is 8.38. The van der Waals surface area contributed by atoms with Crippen molar-refractivity contribution in [2.24, 2.45) is 5.92 Å². The third kappa shape index (κ3) is 3.39.